The molecule has 0 unspecified atom stereocenters. The number of nitrogens with zero attached hydrogens (tertiary/aromatic N) is 3. The first-order chi connectivity index (χ1) is 9.66. The molecule has 0 bridgehead atoms. The molecule has 0 spiro atoms. The lowest BCUT2D eigenvalue weighted by molar-refractivity contribution is 0.807. The van der Waals surface area contributed by atoms with Crippen molar-refractivity contribution < 1.29 is 0 Å². The zero-order valence-corrected chi connectivity index (χ0v) is 12.3. The SMILES string of the molecule is Clc1ccc(-c2[c]nnn2-c2cccc(Cl)c2Cl)cc1. The molecule has 3 aromatic rings. The molecule has 0 fully saturated rings. The molecule has 0 aliphatic heterocycles. The van der Waals surface area contributed by atoms with E-state index >= 15 is 0 Å². The molecule has 0 aliphatic carbocycles. The van der Waals surface area contributed by atoms with E-state index in [1.54, 1.807) is 28.9 Å². The predicted molar refractivity (Wildman–Crippen MR) is 80.7 cm³/mol. The summed E-state index contributed by atoms with van der Waals surface area (Å²) in [6.45, 7) is 0. The van der Waals surface area contributed by atoms with E-state index in [4.69, 9.17) is 34.8 Å². The highest BCUT2D eigenvalue weighted by atomic mass is 35.5. The number of hydrogen-bond acceptors (Lipinski definition) is 2. The average Bonchev–Trinajstić information content (AvgIpc) is 2.92. The molecule has 1 aromatic heterocycles. The average molecular weight is 324 g/mol. The van der Waals surface area contributed by atoms with Gasteiger partial charge in [0.15, 0.2) is 0 Å². The maximum Gasteiger partial charge on any atom is 0.144 e. The van der Waals surface area contributed by atoms with Gasteiger partial charge >= 0.3 is 0 Å². The van der Waals surface area contributed by atoms with Crippen molar-refractivity contribution in [3.63, 3.8) is 0 Å². The van der Waals surface area contributed by atoms with Gasteiger partial charge in [0, 0.05) is 10.6 Å². The fraction of sp³-hybridized carbons (Fsp3) is 0. The van der Waals surface area contributed by atoms with E-state index in [9.17, 15) is 0 Å². The van der Waals surface area contributed by atoms with Crippen molar-refractivity contribution in [3.8, 4) is 16.9 Å². The summed E-state index contributed by atoms with van der Waals surface area (Å²) in [5.74, 6) is 0. The molecular weight excluding hydrogens is 317 g/mol. The van der Waals surface area contributed by atoms with Crippen LogP contribution in [0.3, 0.4) is 0 Å². The first-order valence-electron chi connectivity index (χ1n) is 5.70. The summed E-state index contributed by atoms with van der Waals surface area (Å²) in [4.78, 5) is 0. The zero-order valence-electron chi connectivity index (χ0n) is 10.0. The van der Waals surface area contributed by atoms with Gasteiger partial charge in [-0.1, -0.05) is 58.2 Å². The molecule has 3 nitrogen and oxygen atoms in total. The Labute approximate surface area is 130 Å². The lowest BCUT2D eigenvalue weighted by Gasteiger charge is -2.08. The summed E-state index contributed by atoms with van der Waals surface area (Å²) in [6, 6.07) is 12.7. The predicted octanol–water partition coefficient (Wildman–Crippen LogP) is 4.69. The van der Waals surface area contributed by atoms with Crippen molar-refractivity contribution in [2.24, 2.45) is 0 Å². The molecule has 1 heterocycles. The minimum absolute atomic E-state index is 0.420. The first-order valence-corrected chi connectivity index (χ1v) is 6.84. The maximum absolute atomic E-state index is 6.21. The van der Waals surface area contributed by atoms with Crippen LogP contribution in [0.15, 0.2) is 42.5 Å². The first kappa shape index (κ1) is 13.4. The van der Waals surface area contributed by atoms with Gasteiger partial charge in [-0.3, -0.25) is 0 Å². The Balaban J connectivity index is 2.15. The summed E-state index contributed by atoms with van der Waals surface area (Å²) in [5, 5.41) is 9.38. The Morgan fingerprint density at radius 3 is 2.45 bits per heavy atom. The molecule has 0 N–H and O–H groups in total. The van der Waals surface area contributed by atoms with Crippen LogP contribution in [0, 0.1) is 6.20 Å². The molecule has 1 radical (unpaired) electrons. The van der Waals surface area contributed by atoms with Gasteiger partial charge in [-0.15, -0.1) is 5.10 Å². The van der Waals surface area contributed by atoms with Gasteiger partial charge in [0.1, 0.15) is 11.9 Å². The van der Waals surface area contributed by atoms with E-state index in [0.29, 0.717) is 26.4 Å². The normalized spacial score (nSPS) is 10.8. The maximum atomic E-state index is 6.21. The van der Waals surface area contributed by atoms with Crippen molar-refractivity contribution in [2.75, 3.05) is 0 Å². The Morgan fingerprint density at radius 1 is 0.950 bits per heavy atom. The molecule has 0 atom stereocenters. The van der Waals surface area contributed by atoms with E-state index in [0.717, 1.165) is 5.56 Å². The largest absolute Gasteiger partial charge is 0.211 e. The van der Waals surface area contributed by atoms with Crippen LogP contribution in [0.1, 0.15) is 0 Å². The quantitative estimate of drug-likeness (QED) is 0.684. The van der Waals surface area contributed by atoms with Gasteiger partial charge in [0.2, 0.25) is 0 Å². The summed E-state index contributed by atoms with van der Waals surface area (Å²) in [6.07, 6.45) is 2.84. The standard InChI is InChI=1S/C14H7Cl3N3/c15-10-6-4-9(5-7-10)13-8-18-19-20(13)12-3-1-2-11(16)14(12)17/h1-7H. The van der Waals surface area contributed by atoms with Crippen LogP contribution in [0.5, 0.6) is 0 Å². The van der Waals surface area contributed by atoms with E-state index in [1.165, 1.54) is 0 Å². The Morgan fingerprint density at radius 2 is 1.70 bits per heavy atom. The van der Waals surface area contributed by atoms with Crippen molar-refractivity contribution in [2.45, 2.75) is 0 Å². The van der Waals surface area contributed by atoms with Crippen LogP contribution in [-0.2, 0) is 0 Å². The summed E-state index contributed by atoms with van der Waals surface area (Å²) >= 11 is 18.1. The molecule has 0 saturated carbocycles. The van der Waals surface area contributed by atoms with Crippen LogP contribution < -0.4 is 0 Å². The highest BCUT2D eigenvalue weighted by Crippen LogP contribution is 2.31. The molecular formula is C14H7Cl3N3. The summed E-state index contributed by atoms with van der Waals surface area (Å²) in [7, 11) is 0. The molecule has 0 saturated heterocycles. The monoisotopic (exact) mass is 322 g/mol. The van der Waals surface area contributed by atoms with Crippen molar-refractivity contribution in [3.05, 3.63) is 63.7 Å². The van der Waals surface area contributed by atoms with E-state index in [2.05, 4.69) is 16.5 Å². The van der Waals surface area contributed by atoms with Crippen molar-refractivity contribution >= 4 is 34.8 Å². The lowest BCUT2D eigenvalue weighted by atomic mass is 10.1. The van der Waals surface area contributed by atoms with Crippen LogP contribution >= 0.6 is 34.8 Å². The van der Waals surface area contributed by atoms with Crippen LogP contribution in [-0.4, -0.2) is 15.0 Å². The third-order valence-corrected chi connectivity index (χ3v) is 3.84. The van der Waals surface area contributed by atoms with E-state index in [-0.39, 0.29) is 0 Å². The summed E-state index contributed by atoms with van der Waals surface area (Å²) < 4.78 is 1.59. The number of aromatic nitrogens is 3. The number of benzene rings is 2. The van der Waals surface area contributed by atoms with Crippen molar-refractivity contribution in [1.82, 2.24) is 15.0 Å². The Hall–Kier alpha value is -1.55. The third kappa shape index (κ3) is 2.40. The van der Waals surface area contributed by atoms with Gasteiger partial charge in [-0.2, -0.15) is 0 Å². The van der Waals surface area contributed by atoms with Gasteiger partial charge < -0.3 is 0 Å². The lowest BCUT2D eigenvalue weighted by Crippen LogP contribution is -2.00. The van der Waals surface area contributed by atoms with Gasteiger partial charge in [-0.25, -0.2) is 4.68 Å². The molecule has 0 aliphatic rings. The fourth-order valence-corrected chi connectivity index (χ4v) is 2.33. The number of halogens is 3. The van der Waals surface area contributed by atoms with Crippen LogP contribution in [0.2, 0.25) is 15.1 Å². The van der Waals surface area contributed by atoms with Gasteiger partial charge in [0.05, 0.1) is 15.7 Å². The second-order valence-corrected chi connectivity index (χ2v) is 5.26. The van der Waals surface area contributed by atoms with Gasteiger partial charge in [-0.05, 0) is 24.3 Å². The minimum Gasteiger partial charge on any atom is -0.211 e. The van der Waals surface area contributed by atoms with E-state index in [1.807, 2.05) is 18.2 Å². The van der Waals surface area contributed by atoms with E-state index < -0.39 is 0 Å². The number of hydrogen-bond donors (Lipinski definition) is 0. The highest BCUT2D eigenvalue weighted by molar-refractivity contribution is 6.43. The zero-order chi connectivity index (χ0) is 14.1. The fourth-order valence-electron chi connectivity index (χ4n) is 1.83. The molecule has 6 heteroatoms. The molecule has 3 rings (SSSR count). The van der Waals surface area contributed by atoms with Crippen LogP contribution in [0.4, 0.5) is 0 Å². The molecule has 20 heavy (non-hydrogen) atoms. The number of rotatable bonds is 2. The molecule has 0 amide bonds. The Kier molecular flexibility index (Phi) is 3.66. The topological polar surface area (TPSA) is 30.7 Å². The third-order valence-electron chi connectivity index (χ3n) is 2.78. The van der Waals surface area contributed by atoms with Crippen molar-refractivity contribution in [1.29, 1.82) is 0 Å². The minimum atomic E-state index is 0.420. The smallest absolute Gasteiger partial charge is 0.144 e. The second kappa shape index (κ2) is 5.44. The molecule has 2 aromatic carbocycles. The molecule has 99 valence electrons. The van der Waals surface area contributed by atoms with Crippen LogP contribution in [0.25, 0.3) is 16.9 Å². The second-order valence-electron chi connectivity index (χ2n) is 4.04. The highest BCUT2D eigenvalue weighted by Gasteiger charge is 2.13. The summed E-state index contributed by atoms with van der Waals surface area (Å²) in [5.41, 5.74) is 2.22. The Bertz CT molecular complexity index is 751. The van der Waals surface area contributed by atoms with Gasteiger partial charge in [0.25, 0.3) is 0 Å².